The quantitative estimate of drug-likeness (QED) is 0.648. The van der Waals surface area contributed by atoms with Crippen LogP contribution in [0.2, 0.25) is 5.02 Å². The van der Waals surface area contributed by atoms with Gasteiger partial charge < -0.3 is 19.4 Å². The van der Waals surface area contributed by atoms with Crippen LogP contribution in [0.1, 0.15) is 25.3 Å². The average molecular weight is 451 g/mol. The minimum absolute atomic E-state index is 0.0839. The Balaban J connectivity index is 1.32. The molecule has 31 heavy (non-hydrogen) atoms. The van der Waals surface area contributed by atoms with Gasteiger partial charge in [-0.25, -0.2) is 4.79 Å². The van der Waals surface area contributed by atoms with E-state index in [9.17, 15) is 14.4 Å². The van der Waals surface area contributed by atoms with Crippen molar-refractivity contribution in [2.24, 2.45) is 0 Å². The Labute approximate surface area is 186 Å². The van der Waals surface area contributed by atoms with Crippen LogP contribution in [-0.2, 0) is 25.7 Å². The van der Waals surface area contributed by atoms with Crippen LogP contribution in [0.5, 0.6) is 0 Å². The van der Waals surface area contributed by atoms with E-state index in [0.717, 1.165) is 42.6 Å². The minimum Gasteiger partial charge on any atom is -0.378 e. The highest BCUT2D eigenvalue weighted by Crippen LogP contribution is 2.26. The van der Waals surface area contributed by atoms with Gasteiger partial charge in [0.1, 0.15) is 0 Å². The molecule has 3 saturated heterocycles. The molecule has 0 aliphatic carbocycles. The third-order valence-corrected chi connectivity index (χ3v) is 6.28. The van der Waals surface area contributed by atoms with Crippen LogP contribution in [0, 0.1) is 0 Å². The molecule has 1 aromatic carbocycles. The second-order valence-electron chi connectivity index (χ2n) is 8.09. The van der Waals surface area contributed by atoms with Gasteiger partial charge in [0.15, 0.2) is 0 Å². The number of anilines is 1. The van der Waals surface area contributed by atoms with E-state index in [1.165, 1.54) is 0 Å². The fourth-order valence-electron chi connectivity index (χ4n) is 4.16. The topological polar surface area (TPSA) is 82.6 Å². The Morgan fingerprint density at radius 2 is 1.84 bits per heavy atom. The Morgan fingerprint density at radius 3 is 2.48 bits per heavy atom. The number of amides is 3. The van der Waals surface area contributed by atoms with Gasteiger partial charge in [0, 0.05) is 68.9 Å². The minimum atomic E-state index is -0.663. The number of nitrogens with zero attached hydrogens (tertiary/aromatic N) is 4. The lowest BCUT2D eigenvalue weighted by molar-refractivity contribution is -0.174. The lowest BCUT2D eigenvalue weighted by atomic mass is 10.1. The maximum atomic E-state index is 12.5. The van der Waals surface area contributed by atoms with Gasteiger partial charge in [0.25, 0.3) is 11.8 Å². The molecule has 10 heteroatoms. The molecule has 0 N–H and O–H groups in total. The molecule has 3 heterocycles. The first-order valence-electron chi connectivity index (χ1n) is 10.6. The summed E-state index contributed by atoms with van der Waals surface area (Å²) in [6, 6.07) is 6.03. The smallest absolute Gasteiger partial charge is 0.378 e. The molecule has 3 amide bonds. The number of hydrogen-bond acceptors (Lipinski definition) is 7. The normalized spacial score (nSPS) is 22.9. The summed E-state index contributed by atoms with van der Waals surface area (Å²) in [7, 11) is 0. The first kappa shape index (κ1) is 21.9. The molecule has 3 aliphatic heterocycles. The van der Waals surface area contributed by atoms with E-state index in [4.69, 9.17) is 21.2 Å². The van der Waals surface area contributed by atoms with Gasteiger partial charge in [-0.2, -0.15) is 0 Å². The number of halogens is 1. The summed E-state index contributed by atoms with van der Waals surface area (Å²) in [5.41, 5.74) is 2.14. The summed E-state index contributed by atoms with van der Waals surface area (Å²) in [4.78, 5) is 46.9. The number of morpholine rings is 1. The molecule has 0 bridgehead atoms. The fourth-order valence-corrected chi connectivity index (χ4v) is 4.39. The molecule has 9 nitrogen and oxygen atoms in total. The van der Waals surface area contributed by atoms with Gasteiger partial charge in [-0.15, -0.1) is 5.06 Å². The van der Waals surface area contributed by atoms with Gasteiger partial charge in [-0.1, -0.05) is 17.7 Å². The van der Waals surface area contributed by atoms with Crippen molar-refractivity contribution in [1.82, 2.24) is 14.9 Å². The number of hydrogen-bond donors (Lipinski definition) is 0. The molecule has 1 aromatic rings. The van der Waals surface area contributed by atoms with E-state index in [1.807, 2.05) is 13.0 Å². The zero-order chi connectivity index (χ0) is 22.0. The van der Waals surface area contributed by atoms with Gasteiger partial charge in [-0.05, 0) is 24.6 Å². The molecule has 0 aromatic heterocycles. The Morgan fingerprint density at radius 1 is 1.13 bits per heavy atom. The molecule has 0 unspecified atom stereocenters. The van der Waals surface area contributed by atoms with Crippen molar-refractivity contribution >= 4 is 35.2 Å². The molecule has 0 radical (unpaired) electrons. The zero-order valence-corrected chi connectivity index (χ0v) is 18.3. The second kappa shape index (κ2) is 9.42. The van der Waals surface area contributed by atoms with E-state index in [0.29, 0.717) is 31.2 Å². The predicted octanol–water partition coefficient (Wildman–Crippen LogP) is 1.88. The number of ether oxygens (including phenoxy) is 1. The van der Waals surface area contributed by atoms with E-state index in [1.54, 1.807) is 4.90 Å². The van der Waals surface area contributed by atoms with E-state index in [-0.39, 0.29) is 18.9 Å². The largest absolute Gasteiger partial charge is 0.435 e. The highest BCUT2D eigenvalue weighted by Gasteiger charge is 2.36. The van der Waals surface area contributed by atoms with Gasteiger partial charge in [-0.3, -0.25) is 14.5 Å². The summed E-state index contributed by atoms with van der Waals surface area (Å²) in [6.07, 6.45) is -0.496. The maximum Gasteiger partial charge on any atom is 0.435 e. The first-order chi connectivity index (χ1) is 14.9. The average Bonchev–Trinajstić information content (AvgIpc) is 3.08. The van der Waals surface area contributed by atoms with E-state index < -0.39 is 17.9 Å². The Kier molecular flexibility index (Phi) is 6.64. The van der Waals surface area contributed by atoms with Crippen molar-refractivity contribution in [3.8, 4) is 0 Å². The monoisotopic (exact) mass is 450 g/mol. The van der Waals surface area contributed by atoms with Gasteiger partial charge in [0.2, 0.25) is 0 Å². The second-order valence-corrected chi connectivity index (χ2v) is 8.50. The number of rotatable bonds is 4. The molecule has 168 valence electrons. The highest BCUT2D eigenvalue weighted by atomic mass is 35.5. The maximum absolute atomic E-state index is 12.5. The Bertz CT molecular complexity index is 844. The zero-order valence-electron chi connectivity index (χ0n) is 17.6. The van der Waals surface area contributed by atoms with Crippen LogP contribution < -0.4 is 4.90 Å². The summed E-state index contributed by atoms with van der Waals surface area (Å²) >= 11 is 6.57. The van der Waals surface area contributed by atoms with Crippen molar-refractivity contribution < 1.29 is 24.0 Å². The van der Waals surface area contributed by atoms with Gasteiger partial charge in [0.05, 0.1) is 13.2 Å². The van der Waals surface area contributed by atoms with Crippen molar-refractivity contribution in [3.05, 3.63) is 28.8 Å². The van der Waals surface area contributed by atoms with Crippen molar-refractivity contribution in [2.45, 2.75) is 32.4 Å². The van der Waals surface area contributed by atoms with E-state index >= 15 is 0 Å². The van der Waals surface area contributed by atoms with Crippen molar-refractivity contribution in [3.63, 3.8) is 0 Å². The van der Waals surface area contributed by atoms with Crippen LogP contribution in [0.3, 0.4) is 0 Å². The molecule has 4 rings (SSSR count). The summed E-state index contributed by atoms with van der Waals surface area (Å²) in [5.74, 6) is -0.945. The van der Waals surface area contributed by atoms with Crippen LogP contribution in [0.4, 0.5) is 10.5 Å². The number of hydroxylamine groups is 2. The van der Waals surface area contributed by atoms with Crippen LogP contribution in [0.25, 0.3) is 0 Å². The Hall–Kier alpha value is -2.36. The van der Waals surface area contributed by atoms with Gasteiger partial charge >= 0.3 is 6.09 Å². The lowest BCUT2D eigenvalue weighted by Gasteiger charge is -2.39. The molecule has 1 atom stereocenters. The molecular weight excluding hydrogens is 424 g/mol. The third kappa shape index (κ3) is 4.94. The first-order valence-corrected chi connectivity index (χ1v) is 11.0. The molecular formula is C21H27ClN4O5. The standard InChI is InChI=1S/C21H27ClN4O5/c1-15-13-23(6-7-25(15)21(29)31-26-19(27)4-5-20(26)28)14-16-2-3-17(12-18(16)22)24-8-10-30-11-9-24/h2-3,12,15H,4-11,13-14H2,1H3/t15-/m0/s1. The third-order valence-electron chi connectivity index (χ3n) is 5.93. The fraction of sp³-hybridized carbons (Fsp3) is 0.571. The van der Waals surface area contributed by atoms with Crippen LogP contribution in [-0.4, -0.2) is 84.8 Å². The highest BCUT2D eigenvalue weighted by molar-refractivity contribution is 6.31. The summed E-state index contributed by atoms with van der Waals surface area (Å²) in [6.45, 7) is 7.50. The number of carbonyl (C=O) groups excluding carboxylic acids is 3. The van der Waals surface area contributed by atoms with Crippen molar-refractivity contribution in [2.75, 3.05) is 50.8 Å². The summed E-state index contributed by atoms with van der Waals surface area (Å²) < 4.78 is 5.40. The molecule has 0 saturated carbocycles. The van der Waals surface area contributed by atoms with Crippen LogP contribution in [0.15, 0.2) is 18.2 Å². The number of benzene rings is 1. The lowest BCUT2D eigenvalue weighted by Crippen LogP contribution is -2.54. The predicted molar refractivity (Wildman–Crippen MR) is 113 cm³/mol. The van der Waals surface area contributed by atoms with Crippen molar-refractivity contribution in [1.29, 1.82) is 0 Å². The number of carbonyl (C=O) groups is 3. The number of piperazine rings is 1. The summed E-state index contributed by atoms with van der Waals surface area (Å²) in [5, 5.41) is 1.32. The molecule has 3 fully saturated rings. The van der Waals surface area contributed by atoms with Crippen LogP contribution >= 0.6 is 11.6 Å². The number of imide groups is 1. The SMILES string of the molecule is C[C@H]1CN(Cc2ccc(N3CCOCC3)cc2Cl)CCN1C(=O)ON1C(=O)CCC1=O. The van der Waals surface area contributed by atoms with E-state index in [2.05, 4.69) is 21.9 Å². The molecule has 0 spiro atoms. The molecule has 3 aliphatic rings.